The van der Waals surface area contributed by atoms with Crippen molar-refractivity contribution in [2.45, 2.75) is 13.8 Å². The maximum atomic E-state index is 5.83. The van der Waals surface area contributed by atoms with Crippen molar-refractivity contribution in [2.75, 3.05) is 5.73 Å². The summed E-state index contributed by atoms with van der Waals surface area (Å²) in [4.78, 5) is 7.06. The number of rotatable bonds is 0. The van der Waals surface area contributed by atoms with Gasteiger partial charge in [-0.05, 0) is 43.3 Å². The molecule has 1 heterocycles. The molecule has 0 atom stereocenters. The van der Waals surface area contributed by atoms with Crippen molar-refractivity contribution in [1.29, 1.82) is 0 Å². The van der Waals surface area contributed by atoms with E-state index in [-0.39, 0.29) is 0 Å². The van der Waals surface area contributed by atoms with Crippen LogP contribution in [0.2, 0.25) is 0 Å². The molecule has 0 saturated carbocycles. The third kappa shape index (κ3) is 1.28. The standard InChI is InChI=1S/C10H11N3S/c1-5-3-4-7-8(6(5)2)9(11)13-10(14)12-7/h3-4H,1-2H3,(H3,11,12,13,14). The molecule has 0 aliphatic heterocycles. The smallest absolute Gasteiger partial charge is 0.199 e. The lowest BCUT2D eigenvalue weighted by Gasteiger charge is -2.07. The van der Waals surface area contributed by atoms with Gasteiger partial charge in [0.25, 0.3) is 0 Å². The largest absolute Gasteiger partial charge is 0.383 e. The lowest BCUT2D eigenvalue weighted by Crippen LogP contribution is -1.97. The highest BCUT2D eigenvalue weighted by Gasteiger charge is 2.05. The predicted octanol–water partition coefficient (Wildman–Crippen LogP) is 2.49. The van der Waals surface area contributed by atoms with Crippen LogP contribution in [-0.2, 0) is 0 Å². The number of anilines is 1. The van der Waals surface area contributed by atoms with Gasteiger partial charge in [0.05, 0.1) is 5.52 Å². The summed E-state index contributed by atoms with van der Waals surface area (Å²) in [6.45, 7) is 4.09. The lowest BCUT2D eigenvalue weighted by atomic mass is 10.1. The molecule has 0 bridgehead atoms. The van der Waals surface area contributed by atoms with E-state index < -0.39 is 0 Å². The molecule has 0 amide bonds. The molecule has 2 aromatic rings. The van der Waals surface area contributed by atoms with Gasteiger partial charge in [0.15, 0.2) is 4.77 Å². The summed E-state index contributed by atoms with van der Waals surface area (Å²) >= 11 is 4.96. The second kappa shape index (κ2) is 3.06. The number of aromatic amines is 1. The molecule has 3 N–H and O–H groups in total. The fraction of sp³-hybridized carbons (Fsp3) is 0.200. The Balaban J connectivity index is 3.03. The van der Waals surface area contributed by atoms with E-state index >= 15 is 0 Å². The van der Waals surface area contributed by atoms with Crippen LogP contribution in [0, 0.1) is 18.6 Å². The monoisotopic (exact) mass is 205 g/mol. The number of nitrogens with two attached hydrogens (primary N) is 1. The second-order valence-corrected chi connectivity index (χ2v) is 3.74. The number of hydrogen-bond donors (Lipinski definition) is 2. The third-order valence-electron chi connectivity index (χ3n) is 2.46. The number of nitrogens with one attached hydrogen (secondary N) is 1. The SMILES string of the molecule is Cc1ccc2[nH]c(=S)nc(N)c2c1C. The number of nitrogens with zero attached hydrogens (tertiary/aromatic N) is 1. The van der Waals surface area contributed by atoms with E-state index in [0.717, 1.165) is 16.5 Å². The molecule has 0 aliphatic carbocycles. The summed E-state index contributed by atoms with van der Waals surface area (Å²) in [5.74, 6) is 0.505. The van der Waals surface area contributed by atoms with E-state index in [0.29, 0.717) is 10.6 Å². The van der Waals surface area contributed by atoms with Gasteiger partial charge in [-0.25, -0.2) is 4.98 Å². The fourth-order valence-corrected chi connectivity index (χ4v) is 1.77. The van der Waals surface area contributed by atoms with E-state index in [1.54, 1.807) is 0 Å². The Hall–Kier alpha value is -1.42. The molecule has 0 saturated heterocycles. The summed E-state index contributed by atoms with van der Waals surface area (Å²) in [6, 6.07) is 4.02. The van der Waals surface area contributed by atoms with Gasteiger partial charge in [-0.3, -0.25) is 0 Å². The van der Waals surface area contributed by atoms with Crippen LogP contribution in [0.5, 0.6) is 0 Å². The summed E-state index contributed by atoms with van der Waals surface area (Å²) in [5, 5.41) is 0.971. The summed E-state index contributed by atoms with van der Waals surface area (Å²) < 4.78 is 0.429. The first-order valence-electron chi connectivity index (χ1n) is 4.35. The summed E-state index contributed by atoms with van der Waals surface area (Å²) in [7, 11) is 0. The molecule has 2 rings (SSSR count). The first-order chi connectivity index (χ1) is 6.59. The lowest BCUT2D eigenvalue weighted by molar-refractivity contribution is 1.18. The van der Waals surface area contributed by atoms with Crippen molar-refractivity contribution >= 4 is 28.9 Å². The number of H-pyrrole nitrogens is 1. The second-order valence-electron chi connectivity index (χ2n) is 3.36. The molecule has 0 unspecified atom stereocenters. The number of aromatic nitrogens is 2. The predicted molar refractivity (Wildman–Crippen MR) is 60.8 cm³/mol. The topological polar surface area (TPSA) is 54.7 Å². The van der Waals surface area contributed by atoms with Crippen molar-refractivity contribution in [3.8, 4) is 0 Å². The molecular formula is C10H11N3S. The Labute approximate surface area is 87.0 Å². The number of benzene rings is 1. The molecule has 0 radical (unpaired) electrons. The average Bonchev–Trinajstić information content (AvgIpc) is 2.10. The highest BCUT2D eigenvalue weighted by Crippen LogP contribution is 2.23. The zero-order chi connectivity index (χ0) is 10.3. The highest BCUT2D eigenvalue weighted by atomic mass is 32.1. The summed E-state index contributed by atoms with van der Waals surface area (Å²) in [6.07, 6.45) is 0. The van der Waals surface area contributed by atoms with Crippen LogP contribution in [-0.4, -0.2) is 9.97 Å². The highest BCUT2D eigenvalue weighted by molar-refractivity contribution is 7.71. The molecule has 0 spiro atoms. The quantitative estimate of drug-likeness (QED) is 0.650. The van der Waals surface area contributed by atoms with Crippen LogP contribution in [0.15, 0.2) is 12.1 Å². The molecule has 72 valence electrons. The van der Waals surface area contributed by atoms with Crippen LogP contribution < -0.4 is 5.73 Å². The van der Waals surface area contributed by atoms with Gasteiger partial charge in [0, 0.05) is 5.39 Å². The van der Waals surface area contributed by atoms with Crippen LogP contribution in [0.25, 0.3) is 10.9 Å². The van der Waals surface area contributed by atoms with E-state index in [2.05, 4.69) is 16.9 Å². The maximum Gasteiger partial charge on any atom is 0.199 e. The van der Waals surface area contributed by atoms with Crippen LogP contribution >= 0.6 is 12.2 Å². The third-order valence-corrected chi connectivity index (χ3v) is 2.65. The zero-order valence-electron chi connectivity index (χ0n) is 8.09. The van der Waals surface area contributed by atoms with Gasteiger partial charge < -0.3 is 10.7 Å². The zero-order valence-corrected chi connectivity index (χ0v) is 8.90. The maximum absolute atomic E-state index is 5.83. The van der Waals surface area contributed by atoms with E-state index in [1.165, 1.54) is 5.56 Å². The van der Waals surface area contributed by atoms with Gasteiger partial charge in [-0.1, -0.05) is 6.07 Å². The number of aryl methyl sites for hydroxylation is 2. The molecule has 14 heavy (non-hydrogen) atoms. The number of nitrogen functional groups attached to an aromatic ring is 1. The van der Waals surface area contributed by atoms with Gasteiger partial charge in [0.1, 0.15) is 5.82 Å². The minimum absolute atomic E-state index is 0.429. The van der Waals surface area contributed by atoms with Crippen molar-refractivity contribution in [1.82, 2.24) is 9.97 Å². The molecule has 1 aromatic carbocycles. The van der Waals surface area contributed by atoms with E-state index in [4.69, 9.17) is 18.0 Å². The molecule has 1 aromatic heterocycles. The van der Waals surface area contributed by atoms with Crippen LogP contribution in [0.3, 0.4) is 0 Å². The average molecular weight is 205 g/mol. The molecule has 0 aliphatic rings. The molecule has 3 nitrogen and oxygen atoms in total. The molecule has 4 heteroatoms. The Kier molecular flexibility index (Phi) is 2.00. The Morgan fingerprint density at radius 1 is 1.36 bits per heavy atom. The summed E-state index contributed by atoms with van der Waals surface area (Å²) in [5.41, 5.74) is 9.14. The van der Waals surface area contributed by atoms with Crippen LogP contribution in [0.1, 0.15) is 11.1 Å². The number of hydrogen-bond acceptors (Lipinski definition) is 3. The molecular weight excluding hydrogens is 194 g/mol. The Morgan fingerprint density at radius 2 is 2.07 bits per heavy atom. The van der Waals surface area contributed by atoms with Gasteiger partial charge in [0.2, 0.25) is 0 Å². The fourth-order valence-electron chi connectivity index (χ4n) is 1.56. The first kappa shape index (κ1) is 9.15. The minimum atomic E-state index is 0.429. The normalized spacial score (nSPS) is 10.7. The van der Waals surface area contributed by atoms with Gasteiger partial charge >= 0.3 is 0 Å². The van der Waals surface area contributed by atoms with Crippen molar-refractivity contribution in [3.05, 3.63) is 28.0 Å². The van der Waals surface area contributed by atoms with Gasteiger partial charge in [-0.2, -0.15) is 0 Å². The van der Waals surface area contributed by atoms with E-state index in [1.807, 2.05) is 19.1 Å². The number of fused-ring (bicyclic) bond motifs is 1. The minimum Gasteiger partial charge on any atom is -0.383 e. The van der Waals surface area contributed by atoms with Gasteiger partial charge in [-0.15, -0.1) is 0 Å². The Bertz CT molecular complexity index is 557. The first-order valence-corrected chi connectivity index (χ1v) is 4.76. The van der Waals surface area contributed by atoms with Crippen molar-refractivity contribution in [2.24, 2.45) is 0 Å². The van der Waals surface area contributed by atoms with Crippen LogP contribution in [0.4, 0.5) is 5.82 Å². The van der Waals surface area contributed by atoms with E-state index in [9.17, 15) is 0 Å². The Morgan fingerprint density at radius 3 is 2.79 bits per heavy atom. The molecule has 0 fully saturated rings. The van der Waals surface area contributed by atoms with Crippen molar-refractivity contribution < 1.29 is 0 Å². The van der Waals surface area contributed by atoms with Crippen molar-refractivity contribution in [3.63, 3.8) is 0 Å².